The molecule has 0 saturated heterocycles. The monoisotopic (exact) mass is 341 g/mol. The van der Waals surface area contributed by atoms with Crippen LogP contribution in [0.2, 0.25) is 0 Å². The van der Waals surface area contributed by atoms with Gasteiger partial charge in [0.15, 0.2) is 0 Å². The van der Waals surface area contributed by atoms with E-state index in [0.29, 0.717) is 0 Å². The van der Waals surface area contributed by atoms with Crippen LogP contribution in [0.5, 0.6) is 0 Å². The first kappa shape index (κ1) is 17.1. The van der Waals surface area contributed by atoms with Gasteiger partial charge < -0.3 is 4.74 Å². The van der Waals surface area contributed by atoms with Crippen LogP contribution in [0.4, 0.5) is 0 Å². The van der Waals surface area contributed by atoms with E-state index in [4.69, 9.17) is 4.74 Å². The summed E-state index contributed by atoms with van der Waals surface area (Å²) in [6.07, 6.45) is 11.6. The highest BCUT2D eigenvalue weighted by atomic mass is 16.5. The normalized spacial score (nSPS) is 48.4. The lowest BCUT2D eigenvalue weighted by molar-refractivity contribution is -0.148. The summed E-state index contributed by atoms with van der Waals surface area (Å²) in [6.45, 7) is 6.39. The molecule has 0 amide bonds. The Bertz CT molecular complexity index is 647. The van der Waals surface area contributed by atoms with E-state index in [1.807, 2.05) is 0 Å². The predicted molar refractivity (Wildman–Crippen MR) is 96.4 cm³/mol. The summed E-state index contributed by atoms with van der Waals surface area (Å²) in [5, 5.41) is 9.60. The molecular formula is C22H31NO2. The highest BCUT2D eigenvalue weighted by Gasteiger charge is 2.58. The first-order valence-electron chi connectivity index (χ1n) is 10.1. The van der Waals surface area contributed by atoms with Crippen molar-refractivity contribution in [3.63, 3.8) is 0 Å². The predicted octanol–water partition coefficient (Wildman–Crippen LogP) is 5.02. The molecule has 0 bridgehead atoms. The van der Waals surface area contributed by atoms with Gasteiger partial charge in [0.1, 0.15) is 6.10 Å². The van der Waals surface area contributed by atoms with Crippen LogP contribution in [0.25, 0.3) is 0 Å². The van der Waals surface area contributed by atoms with Crippen molar-refractivity contribution >= 4 is 5.97 Å². The molecule has 25 heavy (non-hydrogen) atoms. The van der Waals surface area contributed by atoms with Crippen LogP contribution in [0.1, 0.15) is 72.1 Å². The Labute approximate surface area is 151 Å². The zero-order valence-electron chi connectivity index (χ0n) is 15.9. The number of esters is 1. The zero-order valence-corrected chi connectivity index (χ0v) is 15.9. The lowest BCUT2D eigenvalue weighted by Crippen LogP contribution is -2.50. The number of ether oxygens (including phenoxy) is 1. The molecule has 0 unspecified atom stereocenters. The Kier molecular flexibility index (Phi) is 4.02. The van der Waals surface area contributed by atoms with Crippen molar-refractivity contribution in [3.8, 4) is 6.07 Å². The number of hydrogen-bond acceptors (Lipinski definition) is 3. The molecule has 0 aromatic rings. The molecule has 0 aliphatic heterocycles. The standard InChI is InChI=1S/C22H31NO2/c1-14(24)25-17-8-10-21(2)15(12-17)4-6-18-19-7-5-16(13-23)22(19,3)11-9-20(18)21/h4,16-20H,5-12H2,1-3H3/t16-,17-,18-,19+,20-,21-,22+/m0/s1. The fraction of sp³-hybridized carbons (Fsp3) is 0.818. The summed E-state index contributed by atoms with van der Waals surface area (Å²) in [5.41, 5.74) is 2.07. The van der Waals surface area contributed by atoms with Crippen molar-refractivity contribution in [2.45, 2.75) is 78.2 Å². The van der Waals surface area contributed by atoms with Gasteiger partial charge in [-0.3, -0.25) is 4.79 Å². The molecule has 4 aliphatic rings. The van der Waals surface area contributed by atoms with E-state index >= 15 is 0 Å². The molecule has 0 N–H and O–H groups in total. The highest BCUT2D eigenvalue weighted by molar-refractivity contribution is 5.66. The fourth-order valence-corrected chi connectivity index (χ4v) is 7.18. The van der Waals surface area contributed by atoms with Gasteiger partial charge in [0, 0.05) is 13.3 Å². The molecule has 0 spiro atoms. The lowest BCUT2D eigenvalue weighted by atomic mass is 9.47. The number of nitrogens with zero attached hydrogens (tertiary/aromatic N) is 1. The van der Waals surface area contributed by atoms with Gasteiger partial charge in [-0.05, 0) is 73.5 Å². The average Bonchev–Trinajstić information content (AvgIpc) is 2.91. The summed E-state index contributed by atoms with van der Waals surface area (Å²) in [5.74, 6) is 2.33. The number of hydrogen-bond donors (Lipinski definition) is 0. The maximum Gasteiger partial charge on any atom is 0.302 e. The second-order valence-electron chi connectivity index (χ2n) is 9.54. The van der Waals surface area contributed by atoms with Gasteiger partial charge in [-0.25, -0.2) is 0 Å². The molecule has 3 fully saturated rings. The van der Waals surface area contributed by atoms with Crippen LogP contribution in [-0.2, 0) is 9.53 Å². The molecule has 0 aromatic carbocycles. The van der Waals surface area contributed by atoms with Crippen LogP contribution in [0.3, 0.4) is 0 Å². The van der Waals surface area contributed by atoms with E-state index in [2.05, 4.69) is 26.0 Å². The molecule has 0 heterocycles. The molecule has 4 aliphatic carbocycles. The van der Waals surface area contributed by atoms with Gasteiger partial charge in [0.25, 0.3) is 0 Å². The van der Waals surface area contributed by atoms with Gasteiger partial charge in [0.05, 0.1) is 12.0 Å². The Balaban J connectivity index is 1.59. The SMILES string of the molecule is CC(=O)O[C@H]1CC[C@@]2(C)C(=CC[C@H]3[C@H]4CC[C@@H](C#N)[C@@]4(C)CC[C@@H]32)C1. The number of carbonyl (C=O) groups is 1. The minimum Gasteiger partial charge on any atom is -0.462 e. The van der Waals surface area contributed by atoms with Gasteiger partial charge >= 0.3 is 5.97 Å². The van der Waals surface area contributed by atoms with Crippen molar-refractivity contribution in [1.82, 2.24) is 0 Å². The first-order chi connectivity index (χ1) is 11.9. The second kappa shape index (κ2) is 5.86. The van der Waals surface area contributed by atoms with Crippen LogP contribution >= 0.6 is 0 Å². The molecule has 0 radical (unpaired) electrons. The Morgan fingerprint density at radius 1 is 1.20 bits per heavy atom. The maximum atomic E-state index is 11.3. The third-order valence-corrected chi connectivity index (χ3v) is 8.55. The smallest absolute Gasteiger partial charge is 0.302 e. The Morgan fingerprint density at radius 3 is 2.72 bits per heavy atom. The van der Waals surface area contributed by atoms with E-state index in [0.717, 1.165) is 43.4 Å². The van der Waals surface area contributed by atoms with E-state index in [9.17, 15) is 10.1 Å². The molecule has 4 rings (SSSR count). The molecule has 3 nitrogen and oxygen atoms in total. The Morgan fingerprint density at radius 2 is 2.00 bits per heavy atom. The average molecular weight is 341 g/mol. The van der Waals surface area contributed by atoms with Crippen LogP contribution in [-0.4, -0.2) is 12.1 Å². The minimum absolute atomic E-state index is 0.0803. The lowest BCUT2D eigenvalue weighted by Gasteiger charge is -2.57. The summed E-state index contributed by atoms with van der Waals surface area (Å²) in [6, 6.07) is 2.63. The first-order valence-corrected chi connectivity index (χ1v) is 10.1. The van der Waals surface area contributed by atoms with Crippen molar-refractivity contribution in [1.29, 1.82) is 5.26 Å². The number of nitriles is 1. The summed E-state index contributed by atoms with van der Waals surface area (Å²) in [4.78, 5) is 11.3. The van der Waals surface area contributed by atoms with Crippen LogP contribution < -0.4 is 0 Å². The Hall–Kier alpha value is -1.30. The topological polar surface area (TPSA) is 50.1 Å². The third-order valence-electron chi connectivity index (χ3n) is 8.55. The third kappa shape index (κ3) is 2.47. The quantitative estimate of drug-likeness (QED) is 0.497. The molecular weight excluding hydrogens is 310 g/mol. The van der Waals surface area contributed by atoms with Gasteiger partial charge in [0.2, 0.25) is 0 Å². The van der Waals surface area contributed by atoms with E-state index < -0.39 is 0 Å². The molecule has 7 atom stereocenters. The van der Waals surface area contributed by atoms with Crippen molar-refractivity contribution < 1.29 is 9.53 Å². The summed E-state index contributed by atoms with van der Waals surface area (Å²) in [7, 11) is 0. The largest absolute Gasteiger partial charge is 0.462 e. The molecule has 3 saturated carbocycles. The summed E-state index contributed by atoms with van der Waals surface area (Å²) >= 11 is 0. The van der Waals surface area contributed by atoms with Gasteiger partial charge in [-0.2, -0.15) is 5.26 Å². The number of allylic oxidation sites excluding steroid dienone is 1. The van der Waals surface area contributed by atoms with E-state index in [1.54, 1.807) is 5.57 Å². The number of carbonyl (C=O) groups excluding carboxylic acids is 1. The zero-order chi connectivity index (χ0) is 17.8. The van der Waals surface area contributed by atoms with Crippen molar-refractivity contribution in [3.05, 3.63) is 11.6 Å². The highest BCUT2D eigenvalue weighted by Crippen LogP contribution is 2.66. The number of fused-ring (bicyclic) bond motifs is 5. The van der Waals surface area contributed by atoms with Crippen LogP contribution in [0, 0.1) is 45.8 Å². The van der Waals surface area contributed by atoms with Gasteiger partial charge in [-0.15, -0.1) is 0 Å². The van der Waals surface area contributed by atoms with Crippen molar-refractivity contribution in [2.24, 2.45) is 34.5 Å². The molecule has 3 heteroatoms. The second-order valence-corrected chi connectivity index (χ2v) is 9.54. The van der Waals surface area contributed by atoms with E-state index in [1.165, 1.54) is 32.6 Å². The molecule has 0 aromatic heterocycles. The van der Waals surface area contributed by atoms with E-state index in [-0.39, 0.29) is 28.8 Å². The van der Waals surface area contributed by atoms with Crippen LogP contribution in [0.15, 0.2) is 11.6 Å². The summed E-state index contributed by atoms with van der Waals surface area (Å²) < 4.78 is 5.52. The fourth-order valence-electron chi connectivity index (χ4n) is 7.18. The number of rotatable bonds is 1. The van der Waals surface area contributed by atoms with Crippen molar-refractivity contribution in [2.75, 3.05) is 0 Å². The van der Waals surface area contributed by atoms with Gasteiger partial charge in [-0.1, -0.05) is 25.5 Å². The minimum atomic E-state index is -0.148. The maximum absolute atomic E-state index is 11.3. The molecule has 136 valence electrons.